The number of carbonyl (C=O) groups is 1. The summed E-state index contributed by atoms with van der Waals surface area (Å²) in [6.07, 6.45) is 1.99. The molecule has 1 aromatic rings. The van der Waals surface area contributed by atoms with Gasteiger partial charge in [-0.15, -0.1) is 0 Å². The summed E-state index contributed by atoms with van der Waals surface area (Å²) in [4.78, 5) is 12.7. The van der Waals surface area contributed by atoms with Crippen molar-refractivity contribution < 1.29 is 22.7 Å². The number of carbonyl (C=O) groups excluding carboxylic acids is 1. The minimum absolute atomic E-state index is 0.103. The van der Waals surface area contributed by atoms with Crippen LogP contribution in [0, 0.1) is 5.92 Å². The monoisotopic (exact) mass is 396 g/mol. The van der Waals surface area contributed by atoms with Crippen molar-refractivity contribution in [2.24, 2.45) is 5.92 Å². The van der Waals surface area contributed by atoms with Crippen molar-refractivity contribution in [1.82, 2.24) is 9.62 Å². The van der Waals surface area contributed by atoms with Crippen LogP contribution in [0.2, 0.25) is 0 Å². The van der Waals surface area contributed by atoms with Gasteiger partial charge in [0.25, 0.3) is 0 Å². The van der Waals surface area contributed by atoms with Gasteiger partial charge in [0.1, 0.15) is 13.2 Å². The molecule has 1 aromatic carbocycles. The third kappa shape index (κ3) is 4.73. The number of nitrogens with zero attached hydrogens (tertiary/aromatic N) is 1. The largest absolute Gasteiger partial charge is 0.486 e. The topological polar surface area (TPSA) is 84.9 Å². The first-order valence-corrected chi connectivity index (χ1v) is 11.2. The summed E-state index contributed by atoms with van der Waals surface area (Å²) >= 11 is 0. The molecule has 1 saturated heterocycles. The summed E-state index contributed by atoms with van der Waals surface area (Å²) in [6.45, 7) is 5.59. The smallest absolute Gasteiger partial charge is 0.224 e. The molecule has 8 heteroatoms. The number of rotatable bonds is 6. The Kier molecular flexibility index (Phi) is 6.26. The average Bonchev–Trinajstić information content (AvgIpc) is 2.67. The summed E-state index contributed by atoms with van der Waals surface area (Å²) < 4.78 is 37.2. The molecular formula is C19H28N2O5S. The van der Waals surface area contributed by atoms with Crippen molar-refractivity contribution in [2.75, 3.05) is 32.1 Å². The predicted octanol–water partition coefficient (Wildman–Crippen LogP) is 2.09. The molecule has 0 aromatic heterocycles. The van der Waals surface area contributed by atoms with E-state index in [0.29, 0.717) is 50.5 Å². The number of hydrogen-bond donors (Lipinski definition) is 1. The Morgan fingerprint density at radius 1 is 1.30 bits per heavy atom. The van der Waals surface area contributed by atoms with E-state index in [1.165, 1.54) is 4.31 Å². The minimum atomic E-state index is -3.27. The first kappa shape index (κ1) is 19.9. The second-order valence-electron chi connectivity index (χ2n) is 7.15. The summed E-state index contributed by atoms with van der Waals surface area (Å²) in [5.41, 5.74) is 0.930. The van der Waals surface area contributed by atoms with Crippen LogP contribution in [0.3, 0.4) is 0 Å². The molecule has 150 valence electrons. The Labute approximate surface area is 161 Å². The zero-order chi connectivity index (χ0) is 19.4. The van der Waals surface area contributed by atoms with E-state index in [0.717, 1.165) is 5.56 Å². The standard InChI is InChI=1S/C19H28N2O5S/c1-3-11-27(23,24)21-8-4-5-16(13-21)19(22)20-14(2)15-6-7-17-18(12-15)26-10-9-25-17/h6-7,12,14,16H,3-5,8-11,13H2,1-2H3,(H,20,22)/t14-,16-/m0/s1. The van der Waals surface area contributed by atoms with Crippen LogP contribution in [0.1, 0.15) is 44.7 Å². The highest BCUT2D eigenvalue weighted by Crippen LogP contribution is 2.32. The highest BCUT2D eigenvalue weighted by atomic mass is 32.2. The fourth-order valence-electron chi connectivity index (χ4n) is 3.54. The van der Waals surface area contributed by atoms with E-state index in [2.05, 4.69) is 5.32 Å². The van der Waals surface area contributed by atoms with Crippen molar-refractivity contribution in [3.8, 4) is 11.5 Å². The second kappa shape index (κ2) is 8.48. The Bertz CT molecular complexity index is 780. The van der Waals surface area contributed by atoms with Gasteiger partial charge in [0.2, 0.25) is 15.9 Å². The fourth-order valence-corrected chi connectivity index (χ4v) is 5.13. The minimum Gasteiger partial charge on any atom is -0.486 e. The molecule has 2 heterocycles. The summed E-state index contributed by atoms with van der Waals surface area (Å²) in [5.74, 6) is 1.12. The highest BCUT2D eigenvalue weighted by Gasteiger charge is 2.32. The summed E-state index contributed by atoms with van der Waals surface area (Å²) in [6, 6.07) is 5.46. The van der Waals surface area contributed by atoms with E-state index in [1.54, 1.807) is 0 Å². The lowest BCUT2D eigenvalue weighted by atomic mass is 9.97. The van der Waals surface area contributed by atoms with Crippen LogP contribution in [-0.2, 0) is 14.8 Å². The van der Waals surface area contributed by atoms with Gasteiger partial charge in [0.15, 0.2) is 11.5 Å². The lowest BCUT2D eigenvalue weighted by molar-refractivity contribution is -0.126. The van der Waals surface area contributed by atoms with Gasteiger partial charge in [-0.1, -0.05) is 13.0 Å². The second-order valence-corrected chi connectivity index (χ2v) is 9.24. The molecule has 1 amide bonds. The summed E-state index contributed by atoms with van der Waals surface area (Å²) in [5, 5.41) is 3.02. The molecule has 0 radical (unpaired) electrons. The maximum atomic E-state index is 12.7. The third-order valence-electron chi connectivity index (χ3n) is 5.04. The van der Waals surface area contributed by atoms with E-state index < -0.39 is 10.0 Å². The quantitative estimate of drug-likeness (QED) is 0.796. The number of amides is 1. The highest BCUT2D eigenvalue weighted by molar-refractivity contribution is 7.89. The number of benzene rings is 1. The van der Waals surface area contributed by atoms with Gasteiger partial charge in [-0.25, -0.2) is 12.7 Å². The summed E-state index contributed by atoms with van der Waals surface area (Å²) in [7, 11) is -3.27. The van der Waals surface area contributed by atoms with E-state index in [4.69, 9.17) is 9.47 Å². The Morgan fingerprint density at radius 2 is 2.04 bits per heavy atom. The number of hydrogen-bond acceptors (Lipinski definition) is 5. The normalized spacial score (nSPS) is 21.5. The van der Waals surface area contributed by atoms with Crippen LogP contribution >= 0.6 is 0 Å². The number of piperidine rings is 1. The van der Waals surface area contributed by atoms with E-state index in [1.807, 2.05) is 32.0 Å². The predicted molar refractivity (Wildman–Crippen MR) is 102 cm³/mol. The number of ether oxygens (including phenoxy) is 2. The van der Waals surface area contributed by atoms with Crippen LogP contribution < -0.4 is 14.8 Å². The van der Waals surface area contributed by atoms with E-state index in [-0.39, 0.29) is 30.2 Å². The molecule has 0 spiro atoms. The number of sulfonamides is 1. The number of nitrogens with one attached hydrogen (secondary N) is 1. The zero-order valence-electron chi connectivity index (χ0n) is 15.9. The molecule has 0 unspecified atom stereocenters. The molecule has 3 rings (SSSR count). The average molecular weight is 397 g/mol. The van der Waals surface area contributed by atoms with Crippen molar-refractivity contribution in [2.45, 2.75) is 39.2 Å². The van der Waals surface area contributed by atoms with Crippen molar-refractivity contribution >= 4 is 15.9 Å². The van der Waals surface area contributed by atoms with E-state index in [9.17, 15) is 13.2 Å². The van der Waals surface area contributed by atoms with Gasteiger partial charge < -0.3 is 14.8 Å². The molecule has 1 fully saturated rings. The van der Waals surface area contributed by atoms with Gasteiger partial charge in [0.05, 0.1) is 17.7 Å². The van der Waals surface area contributed by atoms with Crippen molar-refractivity contribution in [3.05, 3.63) is 23.8 Å². The van der Waals surface area contributed by atoms with Gasteiger partial charge in [0, 0.05) is 13.1 Å². The fraction of sp³-hybridized carbons (Fsp3) is 0.632. The molecule has 27 heavy (non-hydrogen) atoms. The van der Waals surface area contributed by atoms with Crippen molar-refractivity contribution in [3.63, 3.8) is 0 Å². The SMILES string of the molecule is CCCS(=O)(=O)N1CCC[C@H](C(=O)N[C@@H](C)c2ccc3c(c2)OCCO3)C1. The third-order valence-corrected chi connectivity index (χ3v) is 7.08. The van der Waals surface area contributed by atoms with Gasteiger partial charge in [-0.2, -0.15) is 0 Å². The van der Waals surface area contributed by atoms with E-state index >= 15 is 0 Å². The van der Waals surface area contributed by atoms with Crippen LogP contribution in [-0.4, -0.2) is 50.7 Å². The van der Waals surface area contributed by atoms with Gasteiger partial charge >= 0.3 is 0 Å². The molecule has 2 aliphatic rings. The first-order valence-electron chi connectivity index (χ1n) is 9.58. The Balaban J connectivity index is 1.62. The Morgan fingerprint density at radius 3 is 2.78 bits per heavy atom. The van der Waals surface area contributed by atoms with Gasteiger partial charge in [-0.05, 0) is 43.9 Å². The molecule has 0 saturated carbocycles. The van der Waals surface area contributed by atoms with Crippen molar-refractivity contribution in [1.29, 1.82) is 0 Å². The van der Waals surface area contributed by atoms with Crippen LogP contribution in [0.15, 0.2) is 18.2 Å². The molecule has 0 bridgehead atoms. The van der Waals surface area contributed by atoms with Gasteiger partial charge in [-0.3, -0.25) is 4.79 Å². The number of fused-ring (bicyclic) bond motifs is 1. The lowest BCUT2D eigenvalue weighted by Gasteiger charge is -2.32. The van der Waals surface area contributed by atoms with Crippen LogP contribution in [0.5, 0.6) is 11.5 Å². The molecule has 2 atom stereocenters. The zero-order valence-corrected chi connectivity index (χ0v) is 16.8. The first-order chi connectivity index (χ1) is 12.9. The van der Waals surface area contributed by atoms with Crippen LogP contribution in [0.4, 0.5) is 0 Å². The lowest BCUT2D eigenvalue weighted by Crippen LogP contribution is -2.46. The molecule has 2 aliphatic heterocycles. The molecule has 0 aliphatic carbocycles. The maximum absolute atomic E-state index is 12.7. The van der Waals surface area contributed by atoms with Crippen LogP contribution in [0.25, 0.3) is 0 Å². The molecular weight excluding hydrogens is 368 g/mol. The molecule has 7 nitrogen and oxygen atoms in total. The Hall–Kier alpha value is -1.80. The maximum Gasteiger partial charge on any atom is 0.224 e. The molecule has 1 N–H and O–H groups in total.